The molecular formula is C13H19NO2. The summed E-state index contributed by atoms with van der Waals surface area (Å²) >= 11 is 0. The van der Waals surface area contributed by atoms with Gasteiger partial charge in [0.1, 0.15) is 0 Å². The van der Waals surface area contributed by atoms with Gasteiger partial charge in [0.25, 0.3) is 0 Å². The lowest BCUT2D eigenvalue weighted by Crippen LogP contribution is -2.41. The van der Waals surface area contributed by atoms with Crippen molar-refractivity contribution in [3.63, 3.8) is 0 Å². The van der Waals surface area contributed by atoms with Gasteiger partial charge in [-0.05, 0) is 19.1 Å². The Kier molecular flexibility index (Phi) is 3.36. The Morgan fingerprint density at radius 1 is 1.25 bits per heavy atom. The summed E-state index contributed by atoms with van der Waals surface area (Å²) in [4.78, 5) is 15.5. The number of hydrogen-bond acceptors (Lipinski definition) is 3. The molecule has 3 heteroatoms. The molecule has 0 aromatic carbocycles. The maximum Gasteiger partial charge on any atom is 0.303 e. The second kappa shape index (κ2) is 4.24. The van der Waals surface area contributed by atoms with E-state index in [2.05, 4.69) is 4.98 Å². The summed E-state index contributed by atoms with van der Waals surface area (Å²) in [7, 11) is 0. The van der Waals surface area contributed by atoms with Gasteiger partial charge >= 0.3 is 5.97 Å². The molecule has 0 aliphatic rings. The Labute approximate surface area is 96.8 Å². The molecule has 0 saturated carbocycles. The fourth-order valence-electron chi connectivity index (χ4n) is 1.52. The van der Waals surface area contributed by atoms with Gasteiger partial charge in [-0.3, -0.25) is 9.78 Å². The van der Waals surface area contributed by atoms with Gasteiger partial charge in [0, 0.05) is 18.5 Å². The third-order valence-corrected chi connectivity index (χ3v) is 2.93. The minimum Gasteiger partial charge on any atom is -0.452 e. The molecule has 1 rings (SSSR count). The zero-order valence-corrected chi connectivity index (χ0v) is 10.6. The Hall–Kier alpha value is -1.38. The summed E-state index contributed by atoms with van der Waals surface area (Å²) in [5.41, 5.74) is -0.148. The van der Waals surface area contributed by atoms with E-state index in [1.807, 2.05) is 45.9 Å². The van der Waals surface area contributed by atoms with Gasteiger partial charge in [0.15, 0.2) is 5.60 Å². The first kappa shape index (κ1) is 12.7. The summed E-state index contributed by atoms with van der Waals surface area (Å²) in [6.45, 7) is 9.42. The Bertz CT molecular complexity index is 367. The number of carbonyl (C=O) groups is 1. The van der Waals surface area contributed by atoms with E-state index >= 15 is 0 Å². The van der Waals surface area contributed by atoms with Gasteiger partial charge in [-0.25, -0.2) is 0 Å². The van der Waals surface area contributed by atoms with Crippen molar-refractivity contribution in [1.29, 1.82) is 0 Å². The van der Waals surface area contributed by atoms with Crippen LogP contribution in [-0.4, -0.2) is 11.0 Å². The Morgan fingerprint density at radius 3 is 2.25 bits per heavy atom. The van der Waals surface area contributed by atoms with E-state index < -0.39 is 5.60 Å². The first-order valence-corrected chi connectivity index (χ1v) is 5.38. The largest absolute Gasteiger partial charge is 0.452 e. The van der Waals surface area contributed by atoms with Crippen LogP contribution in [0.4, 0.5) is 0 Å². The summed E-state index contributed by atoms with van der Waals surface area (Å²) < 4.78 is 5.49. The first-order chi connectivity index (χ1) is 7.27. The van der Waals surface area contributed by atoms with Crippen LogP contribution in [0.25, 0.3) is 0 Å². The van der Waals surface area contributed by atoms with Gasteiger partial charge in [-0.2, -0.15) is 0 Å². The van der Waals surface area contributed by atoms with Crippen LogP contribution in [0.15, 0.2) is 24.4 Å². The van der Waals surface area contributed by atoms with Crippen molar-refractivity contribution >= 4 is 5.97 Å². The average Bonchev–Trinajstić information content (AvgIpc) is 2.16. The van der Waals surface area contributed by atoms with Crippen LogP contribution in [0.3, 0.4) is 0 Å². The summed E-state index contributed by atoms with van der Waals surface area (Å²) in [5, 5.41) is 0. The molecule has 1 aromatic rings. The lowest BCUT2D eigenvalue weighted by atomic mass is 9.75. The number of esters is 1. The topological polar surface area (TPSA) is 39.2 Å². The van der Waals surface area contributed by atoms with E-state index in [0.29, 0.717) is 0 Å². The van der Waals surface area contributed by atoms with Crippen molar-refractivity contribution in [3.05, 3.63) is 30.1 Å². The molecule has 1 unspecified atom stereocenters. The van der Waals surface area contributed by atoms with Crippen molar-refractivity contribution in [2.45, 2.75) is 40.2 Å². The fraction of sp³-hybridized carbons (Fsp3) is 0.538. The Balaban J connectivity index is 3.21. The van der Waals surface area contributed by atoms with Crippen LogP contribution in [0.2, 0.25) is 0 Å². The highest BCUT2D eigenvalue weighted by Gasteiger charge is 2.43. The monoisotopic (exact) mass is 221 g/mol. The number of pyridine rings is 1. The van der Waals surface area contributed by atoms with Crippen molar-refractivity contribution in [1.82, 2.24) is 4.98 Å². The molecule has 0 bridgehead atoms. The van der Waals surface area contributed by atoms with Crippen LogP contribution < -0.4 is 0 Å². The molecule has 0 N–H and O–H groups in total. The zero-order chi connectivity index (χ0) is 12.4. The molecule has 0 spiro atoms. The molecule has 1 heterocycles. The molecule has 0 saturated heterocycles. The second-order valence-corrected chi connectivity index (χ2v) is 5.09. The van der Waals surface area contributed by atoms with E-state index in [1.165, 1.54) is 6.92 Å². The van der Waals surface area contributed by atoms with Gasteiger partial charge in [0.2, 0.25) is 0 Å². The number of rotatable bonds is 2. The number of aromatic nitrogens is 1. The molecule has 0 amide bonds. The van der Waals surface area contributed by atoms with Crippen LogP contribution in [0.5, 0.6) is 0 Å². The van der Waals surface area contributed by atoms with E-state index in [4.69, 9.17) is 4.74 Å². The van der Waals surface area contributed by atoms with Crippen LogP contribution in [0, 0.1) is 5.41 Å². The fourth-order valence-corrected chi connectivity index (χ4v) is 1.52. The molecule has 0 aliphatic carbocycles. The summed E-state index contributed by atoms with van der Waals surface area (Å²) in [6, 6.07) is 5.63. The van der Waals surface area contributed by atoms with Crippen molar-refractivity contribution in [3.8, 4) is 0 Å². The molecule has 0 aliphatic heterocycles. The number of carbonyl (C=O) groups excluding carboxylic acids is 1. The highest BCUT2D eigenvalue weighted by atomic mass is 16.6. The van der Waals surface area contributed by atoms with E-state index in [1.54, 1.807) is 6.20 Å². The van der Waals surface area contributed by atoms with Crippen LogP contribution in [-0.2, 0) is 15.1 Å². The lowest BCUT2D eigenvalue weighted by molar-refractivity contribution is -0.170. The minimum absolute atomic E-state index is 0.215. The van der Waals surface area contributed by atoms with Gasteiger partial charge in [-0.1, -0.05) is 26.8 Å². The predicted molar refractivity (Wildman–Crippen MR) is 62.8 cm³/mol. The molecular weight excluding hydrogens is 202 g/mol. The SMILES string of the molecule is CC(=O)OC(C)(c1ccccn1)C(C)(C)C. The molecule has 1 atom stereocenters. The Morgan fingerprint density at radius 2 is 1.88 bits per heavy atom. The van der Waals surface area contributed by atoms with Gasteiger partial charge in [0.05, 0.1) is 5.69 Å². The summed E-state index contributed by atoms with van der Waals surface area (Å²) in [5.74, 6) is -0.289. The standard InChI is InChI=1S/C13H19NO2/c1-10(15)16-13(5,12(2,3)4)11-8-6-7-9-14-11/h6-9H,1-5H3. The first-order valence-electron chi connectivity index (χ1n) is 5.38. The highest BCUT2D eigenvalue weighted by Crippen LogP contribution is 2.41. The number of hydrogen-bond donors (Lipinski definition) is 0. The zero-order valence-electron chi connectivity index (χ0n) is 10.6. The van der Waals surface area contributed by atoms with Crippen molar-refractivity contribution < 1.29 is 9.53 Å². The van der Waals surface area contributed by atoms with Crippen LogP contribution >= 0.6 is 0 Å². The molecule has 1 aromatic heterocycles. The number of nitrogens with zero attached hydrogens (tertiary/aromatic N) is 1. The van der Waals surface area contributed by atoms with Gasteiger partial charge < -0.3 is 4.74 Å². The third-order valence-electron chi connectivity index (χ3n) is 2.93. The smallest absolute Gasteiger partial charge is 0.303 e. The van der Waals surface area contributed by atoms with E-state index in [9.17, 15) is 4.79 Å². The predicted octanol–water partition coefficient (Wildman–Crippen LogP) is 2.91. The average molecular weight is 221 g/mol. The quantitative estimate of drug-likeness (QED) is 0.721. The van der Waals surface area contributed by atoms with Crippen molar-refractivity contribution in [2.75, 3.05) is 0 Å². The molecule has 16 heavy (non-hydrogen) atoms. The second-order valence-electron chi connectivity index (χ2n) is 5.09. The lowest BCUT2D eigenvalue weighted by Gasteiger charge is -2.40. The highest BCUT2D eigenvalue weighted by molar-refractivity contribution is 5.66. The van der Waals surface area contributed by atoms with E-state index in [0.717, 1.165) is 5.69 Å². The molecule has 3 nitrogen and oxygen atoms in total. The maximum atomic E-state index is 11.2. The van der Waals surface area contributed by atoms with Crippen molar-refractivity contribution in [2.24, 2.45) is 5.41 Å². The third kappa shape index (κ3) is 2.40. The maximum absolute atomic E-state index is 11.2. The van der Waals surface area contributed by atoms with Gasteiger partial charge in [-0.15, -0.1) is 0 Å². The molecule has 0 radical (unpaired) electrons. The normalized spacial score (nSPS) is 15.3. The number of ether oxygens (including phenoxy) is 1. The molecule has 0 fully saturated rings. The summed E-state index contributed by atoms with van der Waals surface area (Å²) in [6.07, 6.45) is 1.71. The minimum atomic E-state index is -0.708. The molecule has 88 valence electrons. The van der Waals surface area contributed by atoms with Crippen LogP contribution in [0.1, 0.15) is 40.3 Å². The van der Waals surface area contributed by atoms with E-state index in [-0.39, 0.29) is 11.4 Å².